The number of carbonyl (C=O) groups is 1. The van der Waals surface area contributed by atoms with Gasteiger partial charge in [-0.25, -0.2) is 0 Å². The number of aliphatic hydroxyl groups is 1. The van der Waals surface area contributed by atoms with Crippen molar-refractivity contribution in [2.24, 2.45) is 0 Å². The van der Waals surface area contributed by atoms with E-state index in [0.29, 0.717) is 6.42 Å². The zero-order chi connectivity index (χ0) is 25.4. The summed E-state index contributed by atoms with van der Waals surface area (Å²) < 4.78 is 6.11. The van der Waals surface area contributed by atoms with Crippen LogP contribution in [0.25, 0.3) is 11.0 Å². The highest BCUT2D eigenvalue weighted by atomic mass is 16.3. The van der Waals surface area contributed by atoms with Gasteiger partial charge in [-0.05, 0) is 54.4 Å². The lowest BCUT2D eigenvalue weighted by Crippen LogP contribution is -2.45. The Morgan fingerprint density at radius 3 is 2.24 bits per heavy atom. The zero-order valence-corrected chi connectivity index (χ0v) is 20.8. The number of Topliss-reactive ketones (excluding diaryl/α,β-unsaturated/α-hetero) is 1. The highest BCUT2D eigenvalue weighted by molar-refractivity contribution is 5.94. The van der Waals surface area contributed by atoms with Crippen LogP contribution in [0.15, 0.2) is 50.2 Å². The Labute approximate surface area is 199 Å². The summed E-state index contributed by atoms with van der Waals surface area (Å²) in [6.07, 6.45) is 6.15. The van der Waals surface area contributed by atoms with Crippen molar-refractivity contribution in [1.82, 2.24) is 0 Å². The minimum absolute atomic E-state index is 0.0228. The molecule has 6 nitrogen and oxygen atoms in total. The van der Waals surface area contributed by atoms with Crippen molar-refractivity contribution in [1.29, 1.82) is 0 Å². The van der Waals surface area contributed by atoms with Gasteiger partial charge >= 0.3 is 0 Å². The van der Waals surface area contributed by atoms with Gasteiger partial charge in [-0.1, -0.05) is 34.9 Å². The van der Waals surface area contributed by atoms with Crippen LogP contribution in [0, 0.1) is 0 Å². The lowest BCUT2D eigenvalue weighted by molar-refractivity contribution is -0.140. The standard InChI is InChI=1S/C28H34O6/c1-15(2)7-9-18-13-22(30)28(33,12-11-17(5)6)24-26(32)23-21(34-27(18)24)14-20(29)19(25(23)31)10-8-16(3)4/h7-8,11,14,18,29,31,33H,9-10,12-13H2,1-6H3. The van der Waals surface area contributed by atoms with E-state index in [1.165, 1.54) is 6.07 Å². The van der Waals surface area contributed by atoms with Crippen LogP contribution in [0.4, 0.5) is 0 Å². The van der Waals surface area contributed by atoms with Crippen LogP contribution in [-0.2, 0) is 16.8 Å². The number of hydrogen-bond donors (Lipinski definition) is 3. The molecule has 0 saturated heterocycles. The molecule has 1 aliphatic rings. The lowest BCUT2D eigenvalue weighted by Gasteiger charge is -2.34. The van der Waals surface area contributed by atoms with E-state index in [2.05, 4.69) is 0 Å². The zero-order valence-electron chi connectivity index (χ0n) is 20.8. The quantitative estimate of drug-likeness (QED) is 0.474. The average molecular weight is 467 g/mol. The van der Waals surface area contributed by atoms with Gasteiger partial charge in [0.1, 0.15) is 28.2 Å². The predicted molar refractivity (Wildman–Crippen MR) is 133 cm³/mol. The first-order valence-electron chi connectivity index (χ1n) is 11.6. The molecule has 34 heavy (non-hydrogen) atoms. The van der Waals surface area contributed by atoms with Crippen molar-refractivity contribution in [2.45, 2.75) is 78.7 Å². The molecule has 2 aromatic rings. The van der Waals surface area contributed by atoms with Crippen LogP contribution in [0.1, 0.15) is 83.6 Å². The molecule has 1 heterocycles. The van der Waals surface area contributed by atoms with Crippen molar-refractivity contribution in [3.63, 3.8) is 0 Å². The fourth-order valence-corrected chi connectivity index (χ4v) is 4.33. The Morgan fingerprint density at radius 2 is 1.65 bits per heavy atom. The molecule has 2 unspecified atom stereocenters. The van der Waals surface area contributed by atoms with Gasteiger partial charge in [0, 0.05) is 30.4 Å². The van der Waals surface area contributed by atoms with Gasteiger partial charge in [0.25, 0.3) is 0 Å². The molecule has 0 spiro atoms. The van der Waals surface area contributed by atoms with Gasteiger partial charge in [-0.2, -0.15) is 0 Å². The van der Waals surface area contributed by atoms with Crippen LogP contribution < -0.4 is 5.43 Å². The fraction of sp³-hybridized carbons (Fsp3) is 0.429. The molecule has 3 rings (SSSR count). The third-order valence-electron chi connectivity index (χ3n) is 6.27. The highest BCUT2D eigenvalue weighted by Gasteiger charge is 2.48. The maximum atomic E-state index is 13.8. The first-order valence-corrected chi connectivity index (χ1v) is 11.6. The van der Waals surface area contributed by atoms with E-state index in [1.807, 2.05) is 53.7 Å². The fourth-order valence-electron chi connectivity index (χ4n) is 4.33. The third-order valence-corrected chi connectivity index (χ3v) is 6.27. The molecule has 182 valence electrons. The summed E-state index contributed by atoms with van der Waals surface area (Å²) in [7, 11) is 0. The first-order chi connectivity index (χ1) is 15.9. The molecular formula is C28H34O6. The topological polar surface area (TPSA) is 108 Å². The van der Waals surface area contributed by atoms with Crippen molar-refractivity contribution in [3.8, 4) is 11.5 Å². The number of benzene rings is 1. The monoisotopic (exact) mass is 466 g/mol. The smallest absolute Gasteiger partial charge is 0.203 e. The van der Waals surface area contributed by atoms with Gasteiger partial charge in [0.2, 0.25) is 5.43 Å². The van der Waals surface area contributed by atoms with Gasteiger partial charge in [-0.3, -0.25) is 9.59 Å². The second kappa shape index (κ2) is 9.63. The Kier molecular flexibility index (Phi) is 7.22. The summed E-state index contributed by atoms with van der Waals surface area (Å²) in [5, 5.41) is 33.0. The number of carbonyl (C=O) groups excluding carboxylic acids is 1. The SMILES string of the molecule is CC(C)=CCc1c(O)cc2oc3c(c(=O)c2c1O)C(O)(CC=C(C)C)C(=O)CC3CC=C(C)C. The van der Waals surface area contributed by atoms with Gasteiger partial charge in [0.05, 0.1) is 5.56 Å². The molecule has 3 N–H and O–H groups in total. The van der Waals surface area contributed by atoms with Crippen LogP contribution in [0.2, 0.25) is 0 Å². The van der Waals surface area contributed by atoms with E-state index < -0.39 is 28.5 Å². The second-order valence-electron chi connectivity index (χ2n) is 9.94. The lowest BCUT2D eigenvalue weighted by atomic mass is 9.72. The van der Waals surface area contributed by atoms with Crippen LogP contribution in [0.3, 0.4) is 0 Å². The Balaban J connectivity index is 2.38. The Morgan fingerprint density at radius 1 is 1.03 bits per heavy atom. The minimum atomic E-state index is -2.05. The van der Waals surface area contributed by atoms with Crippen molar-refractivity contribution in [3.05, 3.63) is 68.1 Å². The number of hydrogen-bond acceptors (Lipinski definition) is 6. The van der Waals surface area contributed by atoms with Gasteiger partial charge in [0.15, 0.2) is 11.4 Å². The molecule has 6 heteroatoms. The van der Waals surface area contributed by atoms with E-state index in [-0.39, 0.29) is 52.9 Å². The summed E-state index contributed by atoms with van der Waals surface area (Å²) in [6, 6.07) is 1.33. The number of rotatable bonds is 6. The molecule has 1 aliphatic carbocycles. The molecule has 0 amide bonds. The summed E-state index contributed by atoms with van der Waals surface area (Å²) >= 11 is 0. The number of aromatic hydroxyl groups is 2. The normalized spacial score (nSPS) is 19.5. The third kappa shape index (κ3) is 4.73. The average Bonchev–Trinajstić information content (AvgIpc) is 2.73. The molecular weight excluding hydrogens is 432 g/mol. The molecule has 0 aliphatic heterocycles. The molecule has 0 fully saturated rings. The highest BCUT2D eigenvalue weighted by Crippen LogP contribution is 2.45. The number of phenols is 2. The number of fused-ring (bicyclic) bond motifs is 2. The van der Waals surface area contributed by atoms with E-state index in [0.717, 1.165) is 16.7 Å². The molecule has 0 bridgehead atoms. The number of ketones is 1. The molecule has 1 aromatic heterocycles. The van der Waals surface area contributed by atoms with Crippen molar-refractivity contribution < 1.29 is 24.5 Å². The Bertz CT molecular complexity index is 1280. The largest absolute Gasteiger partial charge is 0.507 e. The summed E-state index contributed by atoms with van der Waals surface area (Å²) in [6.45, 7) is 11.4. The Hall–Kier alpha value is -3.12. The van der Waals surface area contributed by atoms with Crippen molar-refractivity contribution in [2.75, 3.05) is 0 Å². The molecule has 2 atom stereocenters. The number of phenolic OH excluding ortho intramolecular Hbond substituents is 2. The summed E-state index contributed by atoms with van der Waals surface area (Å²) in [5.74, 6) is -1.23. The summed E-state index contributed by atoms with van der Waals surface area (Å²) in [4.78, 5) is 27.0. The van der Waals surface area contributed by atoms with Crippen LogP contribution in [0.5, 0.6) is 11.5 Å². The molecule has 0 saturated carbocycles. The van der Waals surface area contributed by atoms with Crippen molar-refractivity contribution >= 4 is 16.8 Å². The van der Waals surface area contributed by atoms with Crippen LogP contribution >= 0.6 is 0 Å². The van der Waals surface area contributed by atoms with E-state index in [9.17, 15) is 24.9 Å². The van der Waals surface area contributed by atoms with E-state index >= 15 is 0 Å². The van der Waals surface area contributed by atoms with Gasteiger partial charge in [-0.15, -0.1) is 0 Å². The molecule has 0 radical (unpaired) electrons. The minimum Gasteiger partial charge on any atom is -0.507 e. The van der Waals surface area contributed by atoms with Crippen LogP contribution in [-0.4, -0.2) is 21.1 Å². The number of allylic oxidation sites excluding steroid dienone is 5. The van der Waals surface area contributed by atoms with E-state index in [1.54, 1.807) is 6.08 Å². The summed E-state index contributed by atoms with van der Waals surface area (Å²) in [5.41, 5.74) is 0.353. The van der Waals surface area contributed by atoms with E-state index in [4.69, 9.17) is 4.42 Å². The first kappa shape index (κ1) is 25.5. The predicted octanol–water partition coefficient (Wildman–Crippen LogP) is 5.67. The molecule has 1 aromatic carbocycles. The maximum absolute atomic E-state index is 13.8. The van der Waals surface area contributed by atoms with Gasteiger partial charge < -0.3 is 19.7 Å². The second-order valence-corrected chi connectivity index (χ2v) is 9.94. The maximum Gasteiger partial charge on any atom is 0.203 e.